The predicted molar refractivity (Wildman–Crippen MR) is 142 cm³/mol. The molecule has 1 aromatic heterocycles. The second-order valence-corrected chi connectivity index (χ2v) is 9.87. The van der Waals surface area contributed by atoms with Crippen LogP contribution < -0.4 is 5.32 Å². The zero-order valence-corrected chi connectivity index (χ0v) is 21.0. The van der Waals surface area contributed by atoms with Gasteiger partial charge in [0, 0.05) is 36.3 Å². The molecule has 5 rings (SSSR count). The molecule has 2 heterocycles. The summed E-state index contributed by atoms with van der Waals surface area (Å²) in [6, 6.07) is 19.5. The maximum atomic E-state index is 13.2. The van der Waals surface area contributed by atoms with Gasteiger partial charge in [-0.1, -0.05) is 29.8 Å². The van der Waals surface area contributed by atoms with Crippen LogP contribution in [0.15, 0.2) is 65.1 Å². The minimum atomic E-state index is -0.00456. The van der Waals surface area contributed by atoms with E-state index in [4.69, 9.17) is 4.42 Å². The third kappa shape index (κ3) is 5.18. The fourth-order valence-corrected chi connectivity index (χ4v) is 4.74. The SMILES string of the molecule is Cc1ccc(-c2nc3cc(C(=O)N4CCC(CC(=O)Nc5cc(C)ccc5C)CC4)ccc3o2)cc1. The normalized spacial score (nSPS) is 14.2. The number of nitrogens with one attached hydrogen (secondary N) is 1. The minimum Gasteiger partial charge on any atom is -0.436 e. The van der Waals surface area contributed by atoms with Gasteiger partial charge in [0.1, 0.15) is 5.52 Å². The van der Waals surface area contributed by atoms with Crippen molar-refractivity contribution in [1.82, 2.24) is 9.88 Å². The van der Waals surface area contributed by atoms with Gasteiger partial charge in [0.2, 0.25) is 11.8 Å². The smallest absolute Gasteiger partial charge is 0.253 e. The Morgan fingerprint density at radius 1 is 0.944 bits per heavy atom. The molecule has 0 saturated carbocycles. The van der Waals surface area contributed by atoms with Gasteiger partial charge < -0.3 is 14.6 Å². The first kappa shape index (κ1) is 23.8. The topological polar surface area (TPSA) is 75.4 Å². The first-order chi connectivity index (χ1) is 17.4. The molecule has 36 heavy (non-hydrogen) atoms. The molecule has 0 spiro atoms. The van der Waals surface area contributed by atoms with E-state index in [1.54, 1.807) is 6.07 Å². The number of aryl methyl sites for hydroxylation is 3. The van der Waals surface area contributed by atoms with Crippen molar-refractivity contribution in [2.75, 3.05) is 18.4 Å². The molecule has 0 unspecified atom stereocenters. The van der Waals surface area contributed by atoms with E-state index in [0.717, 1.165) is 35.2 Å². The summed E-state index contributed by atoms with van der Waals surface area (Å²) >= 11 is 0. The van der Waals surface area contributed by atoms with Crippen molar-refractivity contribution in [1.29, 1.82) is 0 Å². The molecule has 6 nitrogen and oxygen atoms in total. The van der Waals surface area contributed by atoms with Crippen LogP contribution >= 0.6 is 0 Å². The molecule has 0 aliphatic carbocycles. The maximum absolute atomic E-state index is 13.2. The lowest BCUT2D eigenvalue weighted by Crippen LogP contribution is -2.39. The number of aromatic nitrogens is 1. The van der Waals surface area contributed by atoms with Gasteiger partial charge in [-0.25, -0.2) is 4.98 Å². The van der Waals surface area contributed by atoms with E-state index in [1.165, 1.54) is 5.56 Å². The summed E-state index contributed by atoms with van der Waals surface area (Å²) in [7, 11) is 0. The summed E-state index contributed by atoms with van der Waals surface area (Å²) in [6.45, 7) is 7.35. The molecule has 184 valence electrons. The lowest BCUT2D eigenvalue weighted by atomic mass is 9.92. The van der Waals surface area contributed by atoms with Crippen LogP contribution in [0.5, 0.6) is 0 Å². The number of carbonyl (C=O) groups excluding carboxylic acids is 2. The van der Waals surface area contributed by atoms with Crippen molar-refractivity contribution in [3.63, 3.8) is 0 Å². The quantitative estimate of drug-likeness (QED) is 0.363. The van der Waals surface area contributed by atoms with Gasteiger partial charge in [-0.15, -0.1) is 0 Å². The molecule has 0 bridgehead atoms. The molecular formula is C30H31N3O3. The largest absolute Gasteiger partial charge is 0.436 e. The number of amides is 2. The second-order valence-electron chi connectivity index (χ2n) is 9.87. The Kier molecular flexibility index (Phi) is 6.59. The standard InChI is InChI=1S/C30H31N3O3/c1-19-5-8-23(9-6-19)29-32-26-18-24(10-11-27(26)36-29)30(35)33-14-12-22(13-15-33)17-28(34)31-25-16-20(2)4-7-21(25)3/h4-11,16,18,22H,12-15,17H2,1-3H3,(H,31,34). The average molecular weight is 482 g/mol. The highest BCUT2D eigenvalue weighted by atomic mass is 16.3. The third-order valence-corrected chi connectivity index (χ3v) is 6.98. The van der Waals surface area contributed by atoms with E-state index >= 15 is 0 Å². The predicted octanol–water partition coefficient (Wildman–Crippen LogP) is 6.30. The van der Waals surface area contributed by atoms with Gasteiger partial charge in [-0.05, 0) is 87.1 Å². The summed E-state index contributed by atoms with van der Waals surface area (Å²) < 4.78 is 5.91. The minimum absolute atomic E-state index is 0.00456. The van der Waals surface area contributed by atoms with E-state index < -0.39 is 0 Å². The lowest BCUT2D eigenvalue weighted by Gasteiger charge is -2.31. The van der Waals surface area contributed by atoms with E-state index in [1.807, 2.05) is 80.3 Å². The van der Waals surface area contributed by atoms with E-state index in [0.29, 0.717) is 42.1 Å². The maximum Gasteiger partial charge on any atom is 0.253 e. The highest BCUT2D eigenvalue weighted by Gasteiger charge is 2.26. The molecule has 1 saturated heterocycles. The molecular weight excluding hydrogens is 450 g/mol. The van der Waals surface area contributed by atoms with Crippen LogP contribution in [-0.4, -0.2) is 34.8 Å². The number of likely N-dealkylation sites (tertiary alicyclic amines) is 1. The molecule has 1 aliphatic heterocycles. The summed E-state index contributed by atoms with van der Waals surface area (Å²) in [5.41, 5.74) is 7.09. The number of oxazole rings is 1. The molecule has 1 aliphatic rings. The number of fused-ring (bicyclic) bond motifs is 1. The summed E-state index contributed by atoms with van der Waals surface area (Å²) in [5, 5.41) is 3.06. The van der Waals surface area contributed by atoms with Crippen LogP contribution in [0.2, 0.25) is 0 Å². The van der Waals surface area contributed by atoms with Gasteiger partial charge in [0.25, 0.3) is 5.91 Å². The molecule has 2 amide bonds. The Morgan fingerprint density at radius 3 is 2.42 bits per heavy atom. The van der Waals surface area contributed by atoms with Crippen LogP contribution in [-0.2, 0) is 4.79 Å². The fourth-order valence-electron chi connectivity index (χ4n) is 4.74. The zero-order valence-electron chi connectivity index (χ0n) is 21.0. The van der Waals surface area contributed by atoms with Crippen LogP contribution in [0.25, 0.3) is 22.6 Å². The van der Waals surface area contributed by atoms with Crippen molar-refractivity contribution >= 4 is 28.6 Å². The van der Waals surface area contributed by atoms with Crippen molar-refractivity contribution in [3.05, 3.63) is 82.9 Å². The highest BCUT2D eigenvalue weighted by molar-refractivity contribution is 5.97. The van der Waals surface area contributed by atoms with Gasteiger partial charge in [-0.2, -0.15) is 0 Å². The number of piperidine rings is 1. The highest BCUT2D eigenvalue weighted by Crippen LogP contribution is 2.27. The van der Waals surface area contributed by atoms with Crippen LogP contribution in [0.4, 0.5) is 5.69 Å². The van der Waals surface area contributed by atoms with E-state index in [9.17, 15) is 9.59 Å². The van der Waals surface area contributed by atoms with Gasteiger partial charge in [-0.3, -0.25) is 9.59 Å². The Bertz CT molecular complexity index is 1410. The molecule has 3 aromatic carbocycles. The summed E-state index contributed by atoms with van der Waals surface area (Å²) in [5.74, 6) is 0.855. The van der Waals surface area contributed by atoms with Gasteiger partial charge in [0.05, 0.1) is 0 Å². The van der Waals surface area contributed by atoms with Gasteiger partial charge in [0.15, 0.2) is 5.58 Å². The van der Waals surface area contributed by atoms with Gasteiger partial charge >= 0.3 is 0 Å². The first-order valence-electron chi connectivity index (χ1n) is 12.5. The lowest BCUT2D eigenvalue weighted by molar-refractivity contribution is -0.117. The first-order valence-corrected chi connectivity index (χ1v) is 12.5. The number of carbonyl (C=O) groups is 2. The zero-order chi connectivity index (χ0) is 25.2. The fraction of sp³-hybridized carbons (Fsp3) is 0.300. The number of hydrogen-bond donors (Lipinski definition) is 1. The monoisotopic (exact) mass is 481 g/mol. The number of rotatable bonds is 5. The van der Waals surface area contributed by atoms with E-state index in [2.05, 4.69) is 10.3 Å². The van der Waals surface area contributed by atoms with Crippen LogP contribution in [0, 0.1) is 26.7 Å². The molecule has 1 N–H and O–H groups in total. The number of benzene rings is 3. The molecule has 1 fully saturated rings. The van der Waals surface area contributed by atoms with Crippen molar-refractivity contribution in [2.24, 2.45) is 5.92 Å². The van der Waals surface area contributed by atoms with Crippen LogP contribution in [0.3, 0.4) is 0 Å². The Balaban J connectivity index is 1.19. The number of nitrogens with zero attached hydrogens (tertiary/aromatic N) is 2. The Morgan fingerprint density at radius 2 is 1.67 bits per heavy atom. The Labute approximate surface area is 211 Å². The molecule has 6 heteroatoms. The molecule has 0 atom stereocenters. The molecule has 4 aromatic rings. The second kappa shape index (κ2) is 9.97. The average Bonchev–Trinajstić information content (AvgIpc) is 3.30. The summed E-state index contributed by atoms with van der Waals surface area (Å²) in [6.07, 6.45) is 2.10. The van der Waals surface area contributed by atoms with Crippen molar-refractivity contribution in [2.45, 2.75) is 40.0 Å². The number of hydrogen-bond acceptors (Lipinski definition) is 4. The molecule has 0 radical (unpaired) electrons. The number of anilines is 1. The van der Waals surface area contributed by atoms with Crippen molar-refractivity contribution in [3.8, 4) is 11.5 Å². The third-order valence-electron chi connectivity index (χ3n) is 6.98. The van der Waals surface area contributed by atoms with E-state index in [-0.39, 0.29) is 17.7 Å². The summed E-state index contributed by atoms with van der Waals surface area (Å²) in [4.78, 5) is 32.3. The Hall–Kier alpha value is -3.93. The van der Waals surface area contributed by atoms with Crippen molar-refractivity contribution < 1.29 is 14.0 Å². The van der Waals surface area contributed by atoms with Crippen LogP contribution in [0.1, 0.15) is 46.3 Å².